The van der Waals surface area contributed by atoms with Gasteiger partial charge in [0.2, 0.25) is 0 Å². The average Bonchev–Trinajstić information content (AvgIpc) is 2.39. The van der Waals surface area contributed by atoms with Crippen LogP contribution < -0.4 is 5.32 Å². The van der Waals surface area contributed by atoms with Gasteiger partial charge in [-0.3, -0.25) is 4.98 Å². The van der Waals surface area contributed by atoms with E-state index in [2.05, 4.69) is 47.8 Å². The largest absolute Gasteiger partial charge is 0.314 e. The molecule has 0 atom stereocenters. The molecule has 0 saturated carbocycles. The number of pyridine rings is 1. The summed E-state index contributed by atoms with van der Waals surface area (Å²) < 4.78 is 0. The molecule has 0 spiro atoms. The number of nitrogens with one attached hydrogen (secondary N) is 1. The van der Waals surface area contributed by atoms with Crippen LogP contribution in [0.2, 0.25) is 0 Å². The van der Waals surface area contributed by atoms with E-state index in [0.29, 0.717) is 0 Å². The highest BCUT2D eigenvalue weighted by Crippen LogP contribution is 2.25. The number of benzene rings is 2. The number of nitrogens with zero attached hydrogens (tertiary/aromatic N) is 1. The van der Waals surface area contributed by atoms with Crippen LogP contribution >= 0.6 is 0 Å². The summed E-state index contributed by atoms with van der Waals surface area (Å²) in [6, 6.07) is 16.8. The molecular weight excluding hydrogens is 208 g/mol. The molecular formula is C15H14N2. The van der Waals surface area contributed by atoms with Crippen molar-refractivity contribution in [2.24, 2.45) is 0 Å². The summed E-state index contributed by atoms with van der Waals surface area (Å²) >= 11 is 0. The van der Waals surface area contributed by atoms with Gasteiger partial charge in [0, 0.05) is 17.3 Å². The highest BCUT2D eigenvalue weighted by molar-refractivity contribution is 6.06. The molecule has 1 heterocycles. The van der Waals surface area contributed by atoms with Gasteiger partial charge >= 0.3 is 0 Å². The molecule has 2 heteroatoms. The van der Waals surface area contributed by atoms with Crippen LogP contribution in [0.15, 0.2) is 48.5 Å². The van der Waals surface area contributed by atoms with Crippen LogP contribution in [-0.2, 0) is 6.54 Å². The van der Waals surface area contributed by atoms with E-state index in [0.717, 1.165) is 17.8 Å². The Kier molecular flexibility index (Phi) is 2.50. The molecule has 17 heavy (non-hydrogen) atoms. The quantitative estimate of drug-likeness (QED) is 0.674. The summed E-state index contributed by atoms with van der Waals surface area (Å²) in [6.45, 7) is 0.797. The van der Waals surface area contributed by atoms with Crippen LogP contribution in [0.25, 0.3) is 21.7 Å². The Bertz CT molecular complexity index is 674. The normalized spacial score (nSPS) is 11.1. The molecule has 0 aliphatic carbocycles. The van der Waals surface area contributed by atoms with Gasteiger partial charge in [-0.15, -0.1) is 0 Å². The van der Waals surface area contributed by atoms with Crippen LogP contribution in [0.5, 0.6) is 0 Å². The number of fused-ring (bicyclic) bond motifs is 3. The van der Waals surface area contributed by atoms with Crippen molar-refractivity contribution >= 4 is 21.7 Å². The zero-order valence-electron chi connectivity index (χ0n) is 9.77. The summed E-state index contributed by atoms with van der Waals surface area (Å²) in [5.41, 5.74) is 2.18. The lowest BCUT2D eigenvalue weighted by Crippen LogP contribution is -2.07. The molecule has 0 fully saturated rings. The second-order valence-corrected chi connectivity index (χ2v) is 4.15. The molecule has 0 aliphatic heterocycles. The van der Waals surface area contributed by atoms with E-state index < -0.39 is 0 Å². The summed E-state index contributed by atoms with van der Waals surface area (Å²) in [7, 11) is 1.95. The third-order valence-corrected chi connectivity index (χ3v) is 3.03. The van der Waals surface area contributed by atoms with Crippen molar-refractivity contribution in [1.29, 1.82) is 0 Å². The fourth-order valence-electron chi connectivity index (χ4n) is 2.28. The predicted octanol–water partition coefficient (Wildman–Crippen LogP) is 3.11. The van der Waals surface area contributed by atoms with Crippen molar-refractivity contribution < 1.29 is 0 Å². The Balaban J connectivity index is 2.45. The monoisotopic (exact) mass is 222 g/mol. The van der Waals surface area contributed by atoms with Gasteiger partial charge in [-0.2, -0.15) is 0 Å². The van der Waals surface area contributed by atoms with Crippen LogP contribution in [0, 0.1) is 0 Å². The number of para-hydroxylation sites is 1. The van der Waals surface area contributed by atoms with E-state index in [1.54, 1.807) is 0 Å². The van der Waals surface area contributed by atoms with E-state index in [4.69, 9.17) is 4.98 Å². The standard InChI is InChI=1S/C15H14N2/c1-16-10-15-13-8-3-2-6-11(13)12-7-4-5-9-14(12)17-15/h2-9,16H,10H2,1H3. The molecule has 84 valence electrons. The van der Waals surface area contributed by atoms with Crippen LogP contribution in [0.4, 0.5) is 0 Å². The Morgan fingerprint density at radius 1 is 0.882 bits per heavy atom. The maximum Gasteiger partial charge on any atom is 0.0712 e. The second kappa shape index (κ2) is 4.15. The third-order valence-electron chi connectivity index (χ3n) is 3.03. The number of hydrogen-bond donors (Lipinski definition) is 1. The molecule has 0 bridgehead atoms. The second-order valence-electron chi connectivity index (χ2n) is 4.15. The zero-order chi connectivity index (χ0) is 11.7. The lowest BCUT2D eigenvalue weighted by atomic mass is 10.0. The smallest absolute Gasteiger partial charge is 0.0712 e. The minimum atomic E-state index is 0.797. The predicted molar refractivity (Wildman–Crippen MR) is 72.0 cm³/mol. The third kappa shape index (κ3) is 1.67. The molecule has 2 aromatic carbocycles. The van der Waals surface area contributed by atoms with E-state index in [1.807, 2.05) is 13.1 Å². The molecule has 2 nitrogen and oxygen atoms in total. The van der Waals surface area contributed by atoms with E-state index in [-0.39, 0.29) is 0 Å². The van der Waals surface area contributed by atoms with Gasteiger partial charge in [0.1, 0.15) is 0 Å². The molecule has 0 amide bonds. The summed E-state index contributed by atoms with van der Waals surface area (Å²) in [5, 5.41) is 6.92. The topological polar surface area (TPSA) is 24.9 Å². The van der Waals surface area contributed by atoms with Crippen molar-refractivity contribution in [1.82, 2.24) is 10.3 Å². The maximum atomic E-state index is 4.73. The van der Waals surface area contributed by atoms with Crippen molar-refractivity contribution in [2.45, 2.75) is 6.54 Å². The number of aromatic nitrogens is 1. The molecule has 0 aliphatic rings. The first-order chi connectivity index (χ1) is 8.40. The van der Waals surface area contributed by atoms with Gasteiger partial charge in [-0.25, -0.2) is 0 Å². The summed E-state index contributed by atoms with van der Waals surface area (Å²) in [5.74, 6) is 0. The molecule has 0 radical (unpaired) electrons. The first kappa shape index (κ1) is 10.2. The van der Waals surface area contributed by atoms with E-state index in [1.165, 1.54) is 16.2 Å². The van der Waals surface area contributed by atoms with Crippen LogP contribution in [-0.4, -0.2) is 12.0 Å². The maximum absolute atomic E-state index is 4.73. The summed E-state index contributed by atoms with van der Waals surface area (Å²) in [4.78, 5) is 4.73. The van der Waals surface area contributed by atoms with Crippen molar-refractivity contribution in [3.05, 3.63) is 54.2 Å². The lowest BCUT2D eigenvalue weighted by molar-refractivity contribution is 0.802. The van der Waals surface area contributed by atoms with E-state index >= 15 is 0 Å². The van der Waals surface area contributed by atoms with Crippen LogP contribution in [0.3, 0.4) is 0 Å². The average molecular weight is 222 g/mol. The van der Waals surface area contributed by atoms with E-state index in [9.17, 15) is 0 Å². The van der Waals surface area contributed by atoms with Crippen LogP contribution in [0.1, 0.15) is 5.69 Å². The van der Waals surface area contributed by atoms with Crippen molar-refractivity contribution in [3.8, 4) is 0 Å². The number of rotatable bonds is 2. The van der Waals surface area contributed by atoms with Gasteiger partial charge < -0.3 is 5.32 Å². The first-order valence-corrected chi connectivity index (χ1v) is 5.81. The summed E-state index contributed by atoms with van der Waals surface area (Å²) in [6.07, 6.45) is 0. The molecule has 0 unspecified atom stereocenters. The van der Waals surface area contributed by atoms with Gasteiger partial charge in [-0.05, 0) is 18.5 Å². The molecule has 0 saturated heterocycles. The van der Waals surface area contributed by atoms with Gasteiger partial charge in [0.05, 0.1) is 11.2 Å². The fraction of sp³-hybridized carbons (Fsp3) is 0.133. The molecule has 1 aromatic heterocycles. The minimum absolute atomic E-state index is 0.797. The zero-order valence-corrected chi connectivity index (χ0v) is 9.77. The number of hydrogen-bond acceptors (Lipinski definition) is 2. The highest BCUT2D eigenvalue weighted by Gasteiger charge is 2.06. The Morgan fingerprint density at radius 3 is 2.29 bits per heavy atom. The van der Waals surface area contributed by atoms with Crippen molar-refractivity contribution in [3.63, 3.8) is 0 Å². The fourth-order valence-corrected chi connectivity index (χ4v) is 2.28. The Morgan fingerprint density at radius 2 is 1.53 bits per heavy atom. The molecule has 3 aromatic rings. The SMILES string of the molecule is CNCc1nc2ccccc2c2ccccc12. The highest BCUT2D eigenvalue weighted by atomic mass is 14.8. The minimum Gasteiger partial charge on any atom is -0.314 e. The first-order valence-electron chi connectivity index (χ1n) is 5.81. The van der Waals surface area contributed by atoms with Gasteiger partial charge in [-0.1, -0.05) is 42.5 Å². The van der Waals surface area contributed by atoms with Gasteiger partial charge in [0.25, 0.3) is 0 Å². The van der Waals surface area contributed by atoms with Crippen molar-refractivity contribution in [2.75, 3.05) is 7.05 Å². The Hall–Kier alpha value is -1.93. The van der Waals surface area contributed by atoms with Gasteiger partial charge in [0.15, 0.2) is 0 Å². The Labute approximate surface area is 100 Å². The molecule has 1 N–H and O–H groups in total. The lowest BCUT2D eigenvalue weighted by Gasteiger charge is -2.08. The molecule has 3 rings (SSSR count).